The van der Waals surface area contributed by atoms with E-state index in [1.165, 1.54) is 25.7 Å². The average molecular weight is 238 g/mol. The minimum Gasteiger partial charge on any atom is -0.478 e. The van der Waals surface area contributed by atoms with E-state index in [2.05, 4.69) is 0 Å². The monoisotopic (exact) mass is 238 g/mol. The first-order chi connectivity index (χ1) is 8.15. The molecule has 0 saturated heterocycles. The Bertz CT molecular complexity index is 242. The van der Waals surface area contributed by atoms with E-state index in [9.17, 15) is 4.79 Å². The van der Waals surface area contributed by atoms with Crippen LogP contribution in [0.5, 0.6) is 0 Å². The minimum atomic E-state index is -0.845. The highest BCUT2D eigenvalue weighted by Gasteiger charge is 2.26. The molecule has 0 radical (unpaired) electrons. The molecule has 2 fully saturated rings. The summed E-state index contributed by atoms with van der Waals surface area (Å²) in [6.07, 6.45) is 13.9. The molecule has 0 spiro atoms. The minimum absolute atomic E-state index is 0.389. The fourth-order valence-corrected chi connectivity index (χ4v) is 2.98. The van der Waals surface area contributed by atoms with Crippen LogP contribution in [0.25, 0.3) is 0 Å². The quantitative estimate of drug-likeness (QED) is 0.724. The average Bonchev–Trinajstić information content (AvgIpc) is 2.99. The van der Waals surface area contributed by atoms with Crippen molar-refractivity contribution in [2.45, 2.75) is 65.2 Å². The molecule has 2 heteroatoms. The second-order valence-corrected chi connectivity index (χ2v) is 5.37. The van der Waals surface area contributed by atoms with Crippen LogP contribution in [0.3, 0.4) is 0 Å². The lowest BCUT2D eigenvalue weighted by atomic mass is 9.90. The van der Waals surface area contributed by atoms with Crippen molar-refractivity contribution >= 4 is 5.97 Å². The summed E-state index contributed by atoms with van der Waals surface area (Å²) in [5.74, 6) is 1.47. The van der Waals surface area contributed by atoms with Gasteiger partial charge in [-0.2, -0.15) is 0 Å². The maximum absolute atomic E-state index is 9.86. The summed E-state index contributed by atoms with van der Waals surface area (Å²) in [5.41, 5.74) is 0.389. The molecule has 0 aromatic carbocycles. The van der Waals surface area contributed by atoms with Gasteiger partial charge in [0.15, 0.2) is 0 Å². The summed E-state index contributed by atoms with van der Waals surface area (Å²) in [5, 5.41) is 8.11. The maximum Gasteiger partial charge on any atom is 0.330 e. The van der Waals surface area contributed by atoms with E-state index in [0.717, 1.165) is 11.8 Å². The topological polar surface area (TPSA) is 37.3 Å². The fraction of sp³-hybridized carbons (Fsp3) is 0.800. The largest absolute Gasteiger partial charge is 0.478 e. The van der Waals surface area contributed by atoms with E-state index >= 15 is 0 Å². The summed E-state index contributed by atoms with van der Waals surface area (Å²) < 4.78 is 0. The van der Waals surface area contributed by atoms with E-state index in [1.54, 1.807) is 45.6 Å². The molecule has 0 atom stereocenters. The molecule has 1 N–H and O–H groups in total. The molecular weight excluding hydrogens is 212 g/mol. The highest BCUT2D eigenvalue weighted by molar-refractivity contribution is 5.85. The van der Waals surface area contributed by atoms with Gasteiger partial charge in [-0.3, -0.25) is 0 Å². The Hall–Kier alpha value is -0.790. The third-order valence-corrected chi connectivity index (χ3v) is 4.24. The standard InChI is InChI=1S/C10H18.C5H8O2/c1-2-6-9(5-1)10-7-3-4-8-10;1-3-4(2)5(6)7/h9-10H,1-8H2;3H,1-2H3,(H,6,7). The lowest BCUT2D eigenvalue weighted by Crippen LogP contribution is -2.06. The van der Waals surface area contributed by atoms with Crippen LogP contribution < -0.4 is 0 Å². The Kier molecular flexibility index (Phi) is 6.31. The van der Waals surface area contributed by atoms with Gasteiger partial charge >= 0.3 is 5.97 Å². The lowest BCUT2D eigenvalue weighted by molar-refractivity contribution is -0.132. The molecule has 2 saturated carbocycles. The van der Waals surface area contributed by atoms with Crippen LogP contribution in [-0.4, -0.2) is 11.1 Å². The Morgan fingerprint density at radius 1 is 1.00 bits per heavy atom. The third kappa shape index (κ3) is 4.93. The van der Waals surface area contributed by atoms with Crippen LogP contribution in [0.4, 0.5) is 0 Å². The third-order valence-electron chi connectivity index (χ3n) is 4.24. The van der Waals surface area contributed by atoms with Crippen LogP contribution in [0.15, 0.2) is 11.6 Å². The van der Waals surface area contributed by atoms with Crippen molar-refractivity contribution in [1.29, 1.82) is 0 Å². The number of carboxylic acid groups (broad SMARTS) is 1. The van der Waals surface area contributed by atoms with Gasteiger partial charge in [0.1, 0.15) is 0 Å². The van der Waals surface area contributed by atoms with Crippen molar-refractivity contribution in [3.63, 3.8) is 0 Å². The zero-order valence-corrected chi connectivity index (χ0v) is 11.2. The highest BCUT2D eigenvalue weighted by atomic mass is 16.4. The number of allylic oxidation sites excluding steroid dienone is 1. The van der Waals surface area contributed by atoms with Crippen molar-refractivity contribution < 1.29 is 9.90 Å². The van der Waals surface area contributed by atoms with Crippen LogP contribution in [0.2, 0.25) is 0 Å². The van der Waals surface area contributed by atoms with E-state index in [0.29, 0.717) is 5.57 Å². The van der Waals surface area contributed by atoms with Crippen LogP contribution in [0, 0.1) is 11.8 Å². The first-order valence-electron chi connectivity index (χ1n) is 7.01. The molecule has 2 nitrogen and oxygen atoms in total. The number of aliphatic carboxylic acids is 1. The molecule has 2 aliphatic rings. The SMILES string of the molecule is C1CCC(C2CCCC2)C1.CC=C(C)C(=O)O. The molecule has 0 amide bonds. The van der Waals surface area contributed by atoms with Gasteiger partial charge in [0.05, 0.1) is 0 Å². The van der Waals surface area contributed by atoms with Gasteiger partial charge in [-0.25, -0.2) is 4.79 Å². The Morgan fingerprint density at radius 2 is 1.35 bits per heavy atom. The Labute approximate surface area is 105 Å². The fourth-order valence-electron chi connectivity index (χ4n) is 2.98. The predicted octanol–water partition coefficient (Wildman–Crippen LogP) is 4.40. The molecule has 0 bridgehead atoms. The predicted molar refractivity (Wildman–Crippen MR) is 71.0 cm³/mol. The van der Waals surface area contributed by atoms with Crippen molar-refractivity contribution in [3.05, 3.63) is 11.6 Å². The molecule has 17 heavy (non-hydrogen) atoms. The lowest BCUT2D eigenvalue weighted by Gasteiger charge is -2.16. The molecule has 2 rings (SSSR count). The van der Waals surface area contributed by atoms with Crippen molar-refractivity contribution in [2.24, 2.45) is 11.8 Å². The number of hydrogen-bond donors (Lipinski definition) is 1. The van der Waals surface area contributed by atoms with E-state index in [-0.39, 0.29) is 0 Å². The van der Waals surface area contributed by atoms with Crippen LogP contribution in [-0.2, 0) is 4.79 Å². The summed E-state index contributed by atoms with van der Waals surface area (Å²) in [7, 11) is 0. The van der Waals surface area contributed by atoms with Gasteiger partial charge < -0.3 is 5.11 Å². The zero-order chi connectivity index (χ0) is 12.7. The van der Waals surface area contributed by atoms with Crippen LogP contribution >= 0.6 is 0 Å². The number of rotatable bonds is 2. The van der Waals surface area contributed by atoms with Crippen molar-refractivity contribution in [3.8, 4) is 0 Å². The summed E-state index contributed by atoms with van der Waals surface area (Å²) in [4.78, 5) is 9.86. The second kappa shape index (κ2) is 7.52. The van der Waals surface area contributed by atoms with Crippen molar-refractivity contribution in [2.75, 3.05) is 0 Å². The summed E-state index contributed by atoms with van der Waals surface area (Å²) in [6.45, 7) is 3.26. The summed E-state index contributed by atoms with van der Waals surface area (Å²) in [6, 6.07) is 0. The van der Waals surface area contributed by atoms with E-state index in [1.807, 2.05) is 0 Å². The molecule has 98 valence electrons. The maximum atomic E-state index is 9.86. The molecule has 0 aliphatic heterocycles. The number of hydrogen-bond acceptors (Lipinski definition) is 1. The molecule has 0 unspecified atom stereocenters. The highest BCUT2D eigenvalue weighted by Crippen LogP contribution is 2.39. The number of carbonyl (C=O) groups is 1. The van der Waals surface area contributed by atoms with Gasteiger partial charge in [0.25, 0.3) is 0 Å². The Morgan fingerprint density at radius 3 is 1.53 bits per heavy atom. The summed E-state index contributed by atoms with van der Waals surface area (Å²) >= 11 is 0. The first kappa shape index (κ1) is 14.3. The van der Waals surface area contributed by atoms with Gasteiger partial charge in [-0.15, -0.1) is 0 Å². The molecule has 0 aromatic rings. The van der Waals surface area contributed by atoms with E-state index < -0.39 is 5.97 Å². The van der Waals surface area contributed by atoms with E-state index in [4.69, 9.17) is 5.11 Å². The van der Waals surface area contributed by atoms with Crippen LogP contribution in [0.1, 0.15) is 65.2 Å². The van der Waals surface area contributed by atoms with Crippen molar-refractivity contribution in [1.82, 2.24) is 0 Å². The van der Waals surface area contributed by atoms with Gasteiger partial charge in [0, 0.05) is 5.57 Å². The zero-order valence-electron chi connectivity index (χ0n) is 11.2. The normalized spacial score (nSPS) is 22.4. The van der Waals surface area contributed by atoms with Gasteiger partial charge in [-0.05, 0) is 25.7 Å². The molecule has 0 heterocycles. The first-order valence-corrected chi connectivity index (χ1v) is 7.01. The smallest absolute Gasteiger partial charge is 0.330 e. The van der Waals surface area contributed by atoms with Gasteiger partial charge in [0.2, 0.25) is 0 Å². The second-order valence-electron chi connectivity index (χ2n) is 5.37. The molecule has 0 aromatic heterocycles. The molecular formula is C15H26O2. The Balaban J connectivity index is 0.000000185. The molecule has 2 aliphatic carbocycles. The van der Waals surface area contributed by atoms with Gasteiger partial charge in [-0.1, -0.05) is 57.4 Å². The number of carboxylic acids is 1.